The number of nitrogens with one attached hydrogen (secondary N) is 1. The predicted molar refractivity (Wildman–Crippen MR) is 105 cm³/mol. The second-order valence-corrected chi connectivity index (χ2v) is 8.42. The van der Waals surface area contributed by atoms with Gasteiger partial charge in [0.05, 0.1) is 17.7 Å². The molecule has 28 heavy (non-hydrogen) atoms. The molecule has 7 heteroatoms. The van der Waals surface area contributed by atoms with Gasteiger partial charge in [-0.3, -0.25) is 9.52 Å². The molecule has 1 heterocycles. The van der Waals surface area contributed by atoms with Crippen molar-refractivity contribution in [3.63, 3.8) is 0 Å². The Labute approximate surface area is 163 Å². The lowest BCUT2D eigenvalue weighted by Gasteiger charge is -2.21. The summed E-state index contributed by atoms with van der Waals surface area (Å²) in [7, 11) is -3.66. The Kier molecular flexibility index (Phi) is 4.92. The molecule has 6 nitrogen and oxygen atoms in total. The standard InChI is InChI=1S/C21H20N2O4S/c24-21(23(18-12-13-18)15-19-5-4-14-27-19)16-8-10-17(11-9-16)22-28(25,26)20-6-2-1-3-7-20/h1-11,14,18,22H,12-13,15H2. The molecular weight excluding hydrogens is 376 g/mol. The van der Waals surface area contributed by atoms with E-state index < -0.39 is 10.0 Å². The fraction of sp³-hybridized carbons (Fsp3) is 0.190. The molecule has 0 spiro atoms. The maximum atomic E-state index is 12.9. The Morgan fingerprint density at radius 1 is 1.00 bits per heavy atom. The number of carbonyl (C=O) groups excluding carboxylic acids is 1. The van der Waals surface area contributed by atoms with E-state index in [0.29, 0.717) is 17.8 Å². The van der Waals surface area contributed by atoms with E-state index in [2.05, 4.69) is 4.72 Å². The summed E-state index contributed by atoms with van der Waals surface area (Å²) < 4.78 is 32.7. The smallest absolute Gasteiger partial charge is 0.261 e. The van der Waals surface area contributed by atoms with Crippen molar-refractivity contribution in [3.8, 4) is 0 Å². The van der Waals surface area contributed by atoms with Gasteiger partial charge in [-0.2, -0.15) is 0 Å². The van der Waals surface area contributed by atoms with E-state index in [0.717, 1.165) is 18.6 Å². The highest BCUT2D eigenvalue weighted by atomic mass is 32.2. The van der Waals surface area contributed by atoms with Crippen LogP contribution in [-0.2, 0) is 16.6 Å². The van der Waals surface area contributed by atoms with Gasteiger partial charge in [-0.1, -0.05) is 18.2 Å². The molecule has 1 amide bonds. The number of rotatable bonds is 7. The van der Waals surface area contributed by atoms with Gasteiger partial charge >= 0.3 is 0 Å². The number of hydrogen-bond donors (Lipinski definition) is 1. The summed E-state index contributed by atoms with van der Waals surface area (Å²) in [6.45, 7) is 0.429. The molecule has 0 radical (unpaired) electrons. The highest BCUT2D eigenvalue weighted by Crippen LogP contribution is 2.30. The number of carbonyl (C=O) groups is 1. The van der Waals surface area contributed by atoms with E-state index in [1.54, 1.807) is 54.8 Å². The lowest BCUT2D eigenvalue weighted by molar-refractivity contribution is 0.0717. The molecule has 0 atom stereocenters. The van der Waals surface area contributed by atoms with E-state index in [4.69, 9.17) is 4.42 Å². The number of benzene rings is 2. The molecule has 1 aliphatic carbocycles. The first-order valence-electron chi connectivity index (χ1n) is 9.04. The molecule has 0 unspecified atom stereocenters. The van der Waals surface area contributed by atoms with Crippen molar-refractivity contribution in [2.75, 3.05) is 4.72 Å². The molecule has 1 N–H and O–H groups in total. The van der Waals surface area contributed by atoms with Gasteiger partial charge in [0.15, 0.2) is 0 Å². The molecule has 0 bridgehead atoms. The van der Waals surface area contributed by atoms with E-state index in [1.165, 1.54) is 12.1 Å². The molecule has 1 aromatic heterocycles. The summed E-state index contributed by atoms with van der Waals surface area (Å²) in [5, 5.41) is 0. The van der Waals surface area contributed by atoms with Crippen LogP contribution in [0.2, 0.25) is 0 Å². The average Bonchev–Trinajstić information content (AvgIpc) is 3.42. The molecule has 0 saturated heterocycles. The second-order valence-electron chi connectivity index (χ2n) is 6.74. The summed E-state index contributed by atoms with van der Waals surface area (Å²) in [5.74, 6) is 0.656. The number of furan rings is 1. The summed E-state index contributed by atoms with van der Waals surface area (Å²) in [6, 6.07) is 18.5. The zero-order valence-electron chi connectivity index (χ0n) is 15.1. The van der Waals surface area contributed by atoms with Gasteiger partial charge in [-0.05, 0) is 61.4 Å². The van der Waals surface area contributed by atoms with Gasteiger partial charge in [0.1, 0.15) is 5.76 Å². The lowest BCUT2D eigenvalue weighted by Crippen LogP contribution is -2.32. The van der Waals surface area contributed by atoms with Crippen LogP contribution in [0.15, 0.2) is 82.3 Å². The van der Waals surface area contributed by atoms with Crippen molar-refractivity contribution in [1.29, 1.82) is 0 Å². The Balaban J connectivity index is 1.48. The first-order chi connectivity index (χ1) is 13.5. The molecule has 2 aromatic carbocycles. The maximum absolute atomic E-state index is 12.9. The van der Waals surface area contributed by atoms with Crippen LogP contribution < -0.4 is 4.72 Å². The van der Waals surface area contributed by atoms with Crippen LogP contribution in [0.1, 0.15) is 29.0 Å². The highest BCUT2D eigenvalue weighted by molar-refractivity contribution is 7.92. The van der Waals surface area contributed by atoms with E-state index in [-0.39, 0.29) is 16.8 Å². The topological polar surface area (TPSA) is 79.6 Å². The van der Waals surface area contributed by atoms with Crippen molar-refractivity contribution in [2.24, 2.45) is 0 Å². The summed E-state index contributed by atoms with van der Waals surface area (Å²) in [6.07, 6.45) is 3.57. The molecule has 4 rings (SSSR count). The van der Waals surface area contributed by atoms with Crippen LogP contribution in [0.4, 0.5) is 5.69 Å². The summed E-state index contributed by atoms with van der Waals surface area (Å²) >= 11 is 0. The molecule has 144 valence electrons. The third-order valence-corrected chi connectivity index (χ3v) is 5.99. The van der Waals surface area contributed by atoms with Gasteiger partial charge < -0.3 is 9.32 Å². The minimum atomic E-state index is -3.66. The van der Waals surface area contributed by atoms with E-state index in [9.17, 15) is 13.2 Å². The van der Waals surface area contributed by atoms with Crippen molar-refractivity contribution >= 4 is 21.6 Å². The maximum Gasteiger partial charge on any atom is 0.261 e. The highest BCUT2D eigenvalue weighted by Gasteiger charge is 2.33. The van der Waals surface area contributed by atoms with Crippen LogP contribution in [0.25, 0.3) is 0 Å². The Morgan fingerprint density at radius 3 is 2.32 bits per heavy atom. The average molecular weight is 396 g/mol. The first kappa shape index (κ1) is 18.3. The Morgan fingerprint density at radius 2 is 1.71 bits per heavy atom. The second kappa shape index (κ2) is 7.52. The minimum absolute atomic E-state index is 0.0867. The number of nitrogens with zero attached hydrogens (tertiary/aromatic N) is 1. The monoisotopic (exact) mass is 396 g/mol. The fourth-order valence-corrected chi connectivity index (χ4v) is 4.06. The summed E-state index contributed by atoms with van der Waals surface area (Å²) in [5.41, 5.74) is 0.922. The largest absolute Gasteiger partial charge is 0.467 e. The third-order valence-electron chi connectivity index (χ3n) is 4.59. The minimum Gasteiger partial charge on any atom is -0.467 e. The van der Waals surface area contributed by atoms with E-state index >= 15 is 0 Å². The normalized spacial score (nSPS) is 13.9. The van der Waals surface area contributed by atoms with Crippen molar-refractivity contribution in [2.45, 2.75) is 30.3 Å². The van der Waals surface area contributed by atoms with Crippen LogP contribution in [0, 0.1) is 0 Å². The van der Waals surface area contributed by atoms with E-state index in [1.807, 2.05) is 11.0 Å². The van der Waals surface area contributed by atoms with Gasteiger partial charge in [0.25, 0.3) is 15.9 Å². The van der Waals surface area contributed by atoms with Crippen LogP contribution in [-0.4, -0.2) is 25.3 Å². The zero-order valence-corrected chi connectivity index (χ0v) is 15.9. The first-order valence-corrected chi connectivity index (χ1v) is 10.5. The predicted octanol–water partition coefficient (Wildman–Crippen LogP) is 3.89. The van der Waals surface area contributed by atoms with Crippen molar-refractivity contribution in [1.82, 2.24) is 4.90 Å². The van der Waals surface area contributed by atoms with Gasteiger partial charge in [-0.15, -0.1) is 0 Å². The Hall–Kier alpha value is -3.06. The number of anilines is 1. The summed E-state index contributed by atoms with van der Waals surface area (Å²) in [4.78, 5) is 14.9. The van der Waals surface area contributed by atoms with Gasteiger partial charge in [0, 0.05) is 17.3 Å². The number of hydrogen-bond acceptors (Lipinski definition) is 4. The fourth-order valence-electron chi connectivity index (χ4n) is 2.98. The number of amides is 1. The quantitative estimate of drug-likeness (QED) is 0.657. The van der Waals surface area contributed by atoms with Crippen LogP contribution in [0.5, 0.6) is 0 Å². The van der Waals surface area contributed by atoms with Crippen LogP contribution >= 0.6 is 0 Å². The van der Waals surface area contributed by atoms with Crippen LogP contribution in [0.3, 0.4) is 0 Å². The number of sulfonamides is 1. The molecule has 1 aliphatic rings. The SMILES string of the molecule is O=C(c1ccc(NS(=O)(=O)c2ccccc2)cc1)N(Cc1ccco1)C1CC1. The molecule has 1 saturated carbocycles. The third kappa shape index (κ3) is 4.09. The molecule has 1 fully saturated rings. The van der Waals surface area contributed by atoms with Crippen molar-refractivity contribution < 1.29 is 17.6 Å². The Bertz CT molecular complexity index is 1040. The molecular formula is C21H20N2O4S. The lowest BCUT2D eigenvalue weighted by atomic mass is 10.1. The van der Waals surface area contributed by atoms with Gasteiger partial charge in [-0.25, -0.2) is 8.42 Å². The molecule has 0 aliphatic heterocycles. The van der Waals surface area contributed by atoms with Crippen molar-refractivity contribution in [3.05, 3.63) is 84.3 Å². The van der Waals surface area contributed by atoms with Gasteiger partial charge in [0.2, 0.25) is 0 Å². The molecule has 3 aromatic rings. The zero-order chi connectivity index (χ0) is 19.6.